The van der Waals surface area contributed by atoms with E-state index in [1.54, 1.807) is 0 Å². The molecule has 1 fully saturated rings. The summed E-state index contributed by atoms with van der Waals surface area (Å²) < 4.78 is 2.23. The van der Waals surface area contributed by atoms with E-state index in [1.165, 1.54) is 0 Å². The predicted octanol–water partition coefficient (Wildman–Crippen LogP) is 3.12. The fraction of sp³-hybridized carbons (Fsp3) is 0.400. The molecule has 4 rings (SSSR count). The molecule has 6 nitrogen and oxygen atoms in total. The van der Waals surface area contributed by atoms with Crippen LogP contribution in [0.15, 0.2) is 43.0 Å². The Kier molecular flexibility index (Phi) is 4.65. The minimum absolute atomic E-state index is 0.393. The molecule has 0 spiro atoms. The van der Waals surface area contributed by atoms with Crippen LogP contribution in [0.3, 0.4) is 0 Å². The predicted molar refractivity (Wildman–Crippen MR) is 101 cm³/mol. The summed E-state index contributed by atoms with van der Waals surface area (Å²) in [5.74, 6) is 2.54. The highest BCUT2D eigenvalue weighted by Gasteiger charge is 2.26. The van der Waals surface area contributed by atoms with Crippen LogP contribution in [0.1, 0.15) is 41.7 Å². The molecule has 1 saturated heterocycles. The Labute approximate surface area is 154 Å². The summed E-state index contributed by atoms with van der Waals surface area (Å²) >= 11 is 0. The monoisotopic (exact) mass is 348 g/mol. The Morgan fingerprint density at radius 1 is 1.12 bits per heavy atom. The lowest BCUT2D eigenvalue weighted by atomic mass is 9.97. The van der Waals surface area contributed by atoms with Crippen molar-refractivity contribution in [2.75, 3.05) is 18.0 Å². The van der Waals surface area contributed by atoms with E-state index in [2.05, 4.69) is 36.7 Å². The molecular formula is C20H24N6. The largest absolute Gasteiger partial charge is 0.354 e. The molecule has 26 heavy (non-hydrogen) atoms. The van der Waals surface area contributed by atoms with Crippen LogP contribution in [0.25, 0.3) is 0 Å². The number of imidazole rings is 1. The van der Waals surface area contributed by atoms with E-state index in [-0.39, 0.29) is 0 Å². The van der Waals surface area contributed by atoms with Gasteiger partial charge in [0.25, 0.3) is 0 Å². The fourth-order valence-electron chi connectivity index (χ4n) is 3.69. The van der Waals surface area contributed by atoms with Gasteiger partial charge in [-0.15, -0.1) is 0 Å². The average Bonchev–Trinajstić information content (AvgIpc) is 3.13. The lowest BCUT2D eigenvalue weighted by molar-refractivity contribution is 0.472. The Morgan fingerprint density at radius 3 is 2.88 bits per heavy atom. The first-order valence-electron chi connectivity index (χ1n) is 9.17. The van der Waals surface area contributed by atoms with E-state index < -0.39 is 0 Å². The van der Waals surface area contributed by atoms with Gasteiger partial charge in [0.1, 0.15) is 11.6 Å². The maximum atomic E-state index is 4.73. The van der Waals surface area contributed by atoms with Gasteiger partial charge in [-0.3, -0.25) is 9.97 Å². The Balaban J connectivity index is 1.55. The van der Waals surface area contributed by atoms with E-state index in [0.717, 1.165) is 61.2 Å². The van der Waals surface area contributed by atoms with E-state index in [0.29, 0.717) is 5.92 Å². The Bertz CT molecular complexity index is 873. The van der Waals surface area contributed by atoms with Gasteiger partial charge >= 0.3 is 0 Å². The zero-order valence-corrected chi connectivity index (χ0v) is 15.3. The second kappa shape index (κ2) is 7.23. The van der Waals surface area contributed by atoms with Gasteiger partial charge in [0.2, 0.25) is 0 Å². The van der Waals surface area contributed by atoms with Crippen LogP contribution in [-0.4, -0.2) is 37.6 Å². The minimum atomic E-state index is 0.393. The summed E-state index contributed by atoms with van der Waals surface area (Å²) in [7, 11) is 0. The number of hydrogen-bond acceptors (Lipinski definition) is 5. The molecule has 3 aromatic rings. The number of hydrogen-bond donors (Lipinski definition) is 0. The number of piperidine rings is 1. The summed E-state index contributed by atoms with van der Waals surface area (Å²) in [6.07, 6.45) is 9.91. The smallest absolute Gasteiger partial charge is 0.150 e. The first-order valence-corrected chi connectivity index (χ1v) is 9.17. The van der Waals surface area contributed by atoms with Gasteiger partial charge in [0, 0.05) is 43.8 Å². The summed E-state index contributed by atoms with van der Waals surface area (Å²) in [5.41, 5.74) is 3.01. The van der Waals surface area contributed by atoms with E-state index >= 15 is 0 Å². The maximum absolute atomic E-state index is 4.73. The first-order chi connectivity index (χ1) is 12.7. The van der Waals surface area contributed by atoms with Crippen molar-refractivity contribution in [1.82, 2.24) is 24.5 Å². The van der Waals surface area contributed by atoms with Gasteiger partial charge in [-0.2, -0.15) is 0 Å². The van der Waals surface area contributed by atoms with Crippen molar-refractivity contribution in [1.29, 1.82) is 0 Å². The fourth-order valence-corrected chi connectivity index (χ4v) is 3.69. The van der Waals surface area contributed by atoms with Crippen molar-refractivity contribution in [2.45, 2.75) is 39.2 Å². The molecule has 0 N–H and O–H groups in total. The summed E-state index contributed by atoms with van der Waals surface area (Å²) in [6, 6.07) is 6.03. The van der Waals surface area contributed by atoms with Gasteiger partial charge in [-0.05, 0) is 38.8 Å². The van der Waals surface area contributed by atoms with Gasteiger partial charge in [-0.1, -0.05) is 6.07 Å². The molecule has 0 unspecified atom stereocenters. The highest BCUT2D eigenvalue weighted by atomic mass is 15.2. The molecule has 6 heteroatoms. The van der Waals surface area contributed by atoms with Crippen LogP contribution in [0.4, 0.5) is 5.82 Å². The molecule has 134 valence electrons. The number of pyridine rings is 1. The summed E-state index contributed by atoms with van der Waals surface area (Å²) in [4.78, 5) is 20.7. The Morgan fingerprint density at radius 2 is 2.04 bits per heavy atom. The second-order valence-corrected chi connectivity index (χ2v) is 6.94. The normalized spacial score (nSPS) is 17.5. The molecule has 4 heterocycles. The van der Waals surface area contributed by atoms with Gasteiger partial charge < -0.3 is 9.47 Å². The van der Waals surface area contributed by atoms with Crippen molar-refractivity contribution in [3.63, 3.8) is 0 Å². The lowest BCUT2D eigenvalue weighted by Crippen LogP contribution is -2.36. The lowest BCUT2D eigenvalue weighted by Gasteiger charge is -2.34. The standard InChI is InChI=1S/C20H24N6/c1-15-12-23-16(2)19(24-15)25-10-5-6-17(13-25)20-22-9-11-26(20)14-18-7-3-4-8-21-18/h3-4,7-9,11-12,17H,5-6,10,13-14H2,1-2H3/t17-/m0/s1. The third kappa shape index (κ3) is 3.45. The van der Waals surface area contributed by atoms with Crippen LogP contribution < -0.4 is 4.90 Å². The van der Waals surface area contributed by atoms with Crippen molar-refractivity contribution in [3.05, 3.63) is 65.9 Å². The van der Waals surface area contributed by atoms with Gasteiger partial charge in [0.15, 0.2) is 0 Å². The van der Waals surface area contributed by atoms with Crippen molar-refractivity contribution >= 4 is 5.82 Å². The molecule has 0 bridgehead atoms. The maximum Gasteiger partial charge on any atom is 0.150 e. The molecule has 0 amide bonds. The van der Waals surface area contributed by atoms with Crippen LogP contribution in [0, 0.1) is 13.8 Å². The quantitative estimate of drug-likeness (QED) is 0.725. The molecule has 1 aliphatic heterocycles. The van der Waals surface area contributed by atoms with Crippen LogP contribution in [0.2, 0.25) is 0 Å². The van der Waals surface area contributed by atoms with Crippen LogP contribution in [-0.2, 0) is 6.54 Å². The van der Waals surface area contributed by atoms with Crippen molar-refractivity contribution in [3.8, 4) is 0 Å². The minimum Gasteiger partial charge on any atom is -0.354 e. The second-order valence-electron chi connectivity index (χ2n) is 6.94. The molecule has 1 aliphatic rings. The van der Waals surface area contributed by atoms with E-state index in [9.17, 15) is 0 Å². The zero-order valence-electron chi connectivity index (χ0n) is 15.3. The van der Waals surface area contributed by atoms with Crippen molar-refractivity contribution in [2.24, 2.45) is 0 Å². The third-order valence-electron chi connectivity index (χ3n) is 4.94. The third-order valence-corrected chi connectivity index (χ3v) is 4.94. The Hall–Kier alpha value is -2.76. The summed E-state index contributed by atoms with van der Waals surface area (Å²) in [6.45, 7) is 6.74. The number of anilines is 1. The number of aryl methyl sites for hydroxylation is 2. The molecule has 0 aliphatic carbocycles. The molecule has 1 atom stereocenters. The number of aromatic nitrogens is 5. The molecule has 3 aromatic heterocycles. The van der Waals surface area contributed by atoms with Crippen LogP contribution >= 0.6 is 0 Å². The van der Waals surface area contributed by atoms with Crippen LogP contribution in [0.5, 0.6) is 0 Å². The summed E-state index contributed by atoms with van der Waals surface area (Å²) in [5, 5.41) is 0. The van der Waals surface area contributed by atoms with Gasteiger partial charge in [0.05, 0.1) is 23.6 Å². The van der Waals surface area contributed by atoms with E-state index in [4.69, 9.17) is 4.98 Å². The van der Waals surface area contributed by atoms with Gasteiger partial charge in [-0.25, -0.2) is 9.97 Å². The highest BCUT2D eigenvalue weighted by molar-refractivity contribution is 5.44. The van der Waals surface area contributed by atoms with E-state index in [1.807, 2.05) is 44.6 Å². The number of nitrogens with zero attached hydrogens (tertiary/aromatic N) is 6. The van der Waals surface area contributed by atoms with Crippen molar-refractivity contribution < 1.29 is 0 Å². The molecule has 0 saturated carbocycles. The molecule has 0 aromatic carbocycles. The SMILES string of the molecule is Cc1cnc(C)c(N2CCC[C@H](c3nccn3Cc3ccccn3)C2)n1. The molecular weight excluding hydrogens is 324 g/mol. The molecule has 0 radical (unpaired) electrons. The average molecular weight is 348 g/mol. The first kappa shape index (κ1) is 16.7. The topological polar surface area (TPSA) is 59.7 Å². The zero-order chi connectivity index (χ0) is 17.9. The highest BCUT2D eigenvalue weighted by Crippen LogP contribution is 2.29. The number of rotatable bonds is 4.